The van der Waals surface area contributed by atoms with Crippen LogP contribution in [-0.4, -0.2) is 12.5 Å². The topological polar surface area (TPSA) is 59.3 Å². The van der Waals surface area contributed by atoms with Crippen molar-refractivity contribution in [3.05, 3.63) is 82.0 Å². The molecule has 1 heterocycles. The van der Waals surface area contributed by atoms with Crippen molar-refractivity contribution in [2.75, 3.05) is 6.54 Å². The molecule has 0 radical (unpaired) electrons. The minimum absolute atomic E-state index is 0.0733. The number of carbonyl (C=O) groups excluding carboxylic acids is 1. The Balaban J connectivity index is 2.01. The molecule has 1 aromatic heterocycles. The van der Waals surface area contributed by atoms with Gasteiger partial charge in [0.05, 0.1) is 5.39 Å². The van der Waals surface area contributed by atoms with Crippen molar-refractivity contribution in [3.63, 3.8) is 0 Å². The van der Waals surface area contributed by atoms with E-state index in [0.29, 0.717) is 28.8 Å². The summed E-state index contributed by atoms with van der Waals surface area (Å²) >= 11 is 0. The normalized spacial score (nSPS) is 10.6. The molecule has 25 heavy (non-hydrogen) atoms. The average Bonchev–Trinajstić information content (AvgIpc) is 2.60. The molecule has 0 atom stereocenters. The van der Waals surface area contributed by atoms with Crippen LogP contribution in [0.25, 0.3) is 22.3 Å². The summed E-state index contributed by atoms with van der Waals surface area (Å²) in [5, 5.41) is 3.31. The Morgan fingerprint density at radius 2 is 1.88 bits per heavy atom. The highest BCUT2D eigenvalue weighted by atomic mass is 16.3. The van der Waals surface area contributed by atoms with E-state index in [-0.39, 0.29) is 11.3 Å². The Hall–Kier alpha value is -3.14. The summed E-state index contributed by atoms with van der Waals surface area (Å²) in [7, 11) is 0. The van der Waals surface area contributed by atoms with Gasteiger partial charge in [-0.15, -0.1) is 6.58 Å². The number of rotatable bonds is 4. The monoisotopic (exact) mass is 333 g/mol. The number of aryl methyl sites for hydroxylation is 2. The van der Waals surface area contributed by atoms with Gasteiger partial charge in [-0.3, -0.25) is 9.59 Å². The molecule has 3 aromatic rings. The van der Waals surface area contributed by atoms with Gasteiger partial charge in [-0.25, -0.2) is 0 Å². The zero-order chi connectivity index (χ0) is 18.0. The first-order valence-electron chi connectivity index (χ1n) is 8.04. The summed E-state index contributed by atoms with van der Waals surface area (Å²) in [4.78, 5) is 24.4. The highest BCUT2D eigenvalue weighted by Gasteiger charge is 2.11. The minimum Gasteiger partial charge on any atom is -0.456 e. The quantitative estimate of drug-likeness (QED) is 0.734. The molecule has 0 saturated carbocycles. The first-order chi connectivity index (χ1) is 12.0. The molecule has 4 nitrogen and oxygen atoms in total. The third kappa shape index (κ3) is 3.38. The number of benzene rings is 2. The molecule has 3 rings (SSSR count). The van der Waals surface area contributed by atoms with E-state index in [0.717, 1.165) is 16.7 Å². The maximum atomic E-state index is 12.4. The summed E-state index contributed by atoms with van der Waals surface area (Å²) in [6.07, 6.45) is 1.63. The molecule has 0 aliphatic carbocycles. The fourth-order valence-corrected chi connectivity index (χ4v) is 2.80. The standard InChI is InChI=1S/C21H19NO3/c1-4-9-22-21(24)16-7-5-15(6-8-16)19-12-18(23)17-11-13(2)10-14(3)20(17)25-19/h4-8,10-12H,1,9H2,2-3H3,(H,22,24). The molecule has 0 fully saturated rings. The van der Waals surface area contributed by atoms with Crippen molar-refractivity contribution >= 4 is 16.9 Å². The van der Waals surface area contributed by atoms with Crippen molar-refractivity contribution in [1.82, 2.24) is 5.32 Å². The van der Waals surface area contributed by atoms with Gasteiger partial charge in [0.2, 0.25) is 0 Å². The lowest BCUT2D eigenvalue weighted by Gasteiger charge is -2.07. The minimum atomic E-state index is -0.169. The van der Waals surface area contributed by atoms with Gasteiger partial charge in [0.15, 0.2) is 5.43 Å². The predicted octanol–water partition coefficient (Wildman–Crippen LogP) is 3.99. The third-order valence-electron chi connectivity index (χ3n) is 4.00. The lowest BCUT2D eigenvalue weighted by molar-refractivity contribution is 0.0958. The summed E-state index contributed by atoms with van der Waals surface area (Å²) < 4.78 is 5.97. The van der Waals surface area contributed by atoms with Crippen LogP contribution in [0.15, 0.2) is 64.3 Å². The van der Waals surface area contributed by atoms with Crippen LogP contribution in [0.5, 0.6) is 0 Å². The maximum Gasteiger partial charge on any atom is 0.251 e. The molecule has 0 bridgehead atoms. The van der Waals surface area contributed by atoms with E-state index < -0.39 is 0 Å². The maximum absolute atomic E-state index is 12.4. The van der Waals surface area contributed by atoms with Gasteiger partial charge in [-0.2, -0.15) is 0 Å². The lowest BCUT2D eigenvalue weighted by atomic mass is 10.1. The van der Waals surface area contributed by atoms with Crippen molar-refractivity contribution in [1.29, 1.82) is 0 Å². The molecule has 126 valence electrons. The molecule has 0 aliphatic heterocycles. The number of nitrogens with one attached hydrogen (secondary N) is 1. The Morgan fingerprint density at radius 3 is 2.56 bits per heavy atom. The number of hydrogen-bond donors (Lipinski definition) is 1. The first kappa shape index (κ1) is 16.7. The molecule has 0 saturated heterocycles. The van der Waals surface area contributed by atoms with Gasteiger partial charge in [-0.05, 0) is 43.2 Å². The van der Waals surface area contributed by atoms with Crippen molar-refractivity contribution in [2.45, 2.75) is 13.8 Å². The zero-order valence-electron chi connectivity index (χ0n) is 14.3. The second-order valence-corrected chi connectivity index (χ2v) is 6.01. The Bertz CT molecular complexity index is 1010. The van der Waals surface area contributed by atoms with Crippen LogP contribution < -0.4 is 10.7 Å². The van der Waals surface area contributed by atoms with Crippen LogP contribution in [0.1, 0.15) is 21.5 Å². The Morgan fingerprint density at radius 1 is 1.16 bits per heavy atom. The van der Waals surface area contributed by atoms with Gasteiger partial charge in [0.25, 0.3) is 5.91 Å². The molecule has 1 amide bonds. The number of carbonyl (C=O) groups is 1. The fraction of sp³-hybridized carbons (Fsp3) is 0.143. The van der Waals surface area contributed by atoms with E-state index in [4.69, 9.17) is 4.42 Å². The van der Waals surface area contributed by atoms with Crippen LogP contribution in [0, 0.1) is 13.8 Å². The fourth-order valence-electron chi connectivity index (χ4n) is 2.80. The average molecular weight is 333 g/mol. The molecular weight excluding hydrogens is 314 g/mol. The van der Waals surface area contributed by atoms with E-state index in [1.807, 2.05) is 26.0 Å². The van der Waals surface area contributed by atoms with Gasteiger partial charge >= 0.3 is 0 Å². The van der Waals surface area contributed by atoms with E-state index in [1.165, 1.54) is 6.07 Å². The summed E-state index contributed by atoms with van der Waals surface area (Å²) in [6, 6.07) is 12.3. The Kier molecular flexibility index (Phi) is 4.52. The molecule has 4 heteroatoms. The van der Waals surface area contributed by atoms with Crippen LogP contribution in [0.3, 0.4) is 0 Å². The SMILES string of the molecule is C=CCNC(=O)c1ccc(-c2cc(=O)c3cc(C)cc(C)c3o2)cc1. The summed E-state index contributed by atoms with van der Waals surface area (Å²) in [5.74, 6) is 0.320. The largest absolute Gasteiger partial charge is 0.456 e. The van der Waals surface area contributed by atoms with E-state index in [1.54, 1.807) is 30.3 Å². The first-order valence-corrected chi connectivity index (χ1v) is 8.04. The van der Waals surface area contributed by atoms with Crippen molar-refractivity contribution in [3.8, 4) is 11.3 Å². The lowest BCUT2D eigenvalue weighted by Crippen LogP contribution is -2.22. The third-order valence-corrected chi connectivity index (χ3v) is 4.00. The number of fused-ring (bicyclic) bond motifs is 1. The predicted molar refractivity (Wildman–Crippen MR) is 99.9 cm³/mol. The van der Waals surface area contributed by atoms with Crippen molar-refractivity contribution < 1.29 is 9.21 Å². The van der Waals surface area contributed by atoms with Gasteiger partial charge < -0.3 is 9.73 Å². The van der Waals surface area contributed by atoms with Gasteiger partial charge in [-0.1, -0.05) is 24.3 Å². The molecule has 0 spiro atoms. The summed E-state index contributed by atoms with van der Waals surface area (Å²) in [6.45, 7) is 7.86. The van der Waals surface area contributed by atoms with Gasteiger partial charge in [0, 0.05) is 23.7 Å². The Labute approximate surface area is 145 Å². The zero-order valence-corrected chi connectivity index (χ0v) is 14.3. The molecule has 0 unspecified atom stereocenters. The molecule has 2 aromatic carbocycles. The van der Waals surface area contributed by atoms with Gasteiger partial charge in [0.1, 0.15) is 11.3 Å². The van der Waals surface area contributed by atoms with Crippen molar-refractivity contribution in [2.24, 2.45) is 0 Å². The second kappa shape index (κ2) is 6.77. The van der Waals surface area contributed by atoms with Crippen LogP contribution in [0.4, 0.5) is 0 Å². The highest BCUT2D eigenvalue weighted by molar-refractivity contribution is 5.94. The van der Waals surface area contributed by atoms with E-state index in [2.05, 4.69) is 11.9 Å². The van der Waals surface area contributed by atoms with Crippen LogP contribution in [-0.2, 0) is 0 Å². The van der Waals surface area contributed by atoms with Crippen LogP contribution >= 0.6 is 0 Å². The molecular formula is C21H19NO3. The van der Waals surface area contributed by atoms with E-state index in [9.17, 15) is 9.59 Å². The molecule has 1 N–H and O–H groups in total. The number of hydrogen-bond acceptors (Lipinski definition) is 3. The molecule has 0 aliphatic rings. The second-order valence-electron chi connectivity index (χ2n) is 6.01. The number of amides is 1. The van der Waals surface area contributed by atoms with Crippen LogP contribution in [0.2, 0.25) is 0 Å². The summed E-state index contributed by atoms with van der Waals surface area (Å²) in [5.41, 5.74) is 3.77. The smallest absolute Gasteiger partial charge is 0.251 e. The highest BCUT2D eigenvalue weighted by Crippen LogP contribution is 2.25. The van der Waals surface area contributed by atoms with E-state index >= 15 is 0 Å².